The third kappa shape index (κ3) is 4.26. The third-order valence-corrected chi connectivity index (χ3v) is 6.74. The van der Waals surface area contributed by atoms with Crippen LogP contribution in [0.5, 0.6) is 0 Å². The first-order chi connectivity index (χ1) is 15.5. The van der Waals surface area contributed by atoms with Gasteiger partial charge in [-0.05, 0) is 67.1 Å². The minimum absolute atomic E-state index is 0.197. The van der Waals surface area contributed by atoms with E-state index in [9.17, 15) is 4.79 Å². The molecule has 10 heteroatoms. The molecule has 1 aliphatic carbocycles. The highest BCUT2D eigenvalue weighted by atomic mass is 35.5. The molecule has 32 heavy (non-hydrogen) atoms. The van der Waals surface area contributed by atoms with Gasteiger partial charge in [0.05, 0.1) is 28.2 Å². The first-order valence-corrected chi connectivity index (χ1v) is 11.5. The monoisotopic (exact) mass is 484 g/mol. The van der Waals surface area contributed by atoms with Crippen LogP contribution < -0.4 is 5.32 Å². The second kappa shape index (κ2) is 8.61. The fourth-order valence-electron chi connectivity index (χ4n) is 3.40. The molecule has 0 saturated heterocycles. The summed E-state index contributed by atoms with van der Waals surface area (Å²) in [7, 11) is 1.89. The summed E-state index contributed by atoms with van der Waals surface area (Å²) in [6.45, 7) is 0. The van der Waals surface area contributed by atoms with Crippen molar-refractivity contribution >= 4 is 46.6 Å². The summed E-state index contributed by atoms with van der Waals surface area (Å²) < 4.78 is 3.61. The van der Waals surface area contributed by atoms with Crippen LogP contribution in [0.1, 0.15) is 34.8 Å². The first-order valence-electron chi connectivity index (χ1n) is 9.96. The van der Waals surface area contributed by atoms with Crippen molar-refractivity contribution in [2.75, 3.05) is 5.32 Å². The highest BCUT2D eigenvalue weighted by Gasteiger charge is 2.33. The number of benzene rings is 2. The van der Waals surface area contributed by atoms with E-state index < -0.39 is 0 Å². The van der Waals surface area contributed by atoms with Gasteiger partial charge in [-0.25, -0.2) is 4.68 Å². The Morgan fingerprint density at radius 2 is 1.94 bits per heavy atom. The first kappa shape index (κ1) is 21.1. The lowest BCUT2D eigenvalue weighted by molar-refractivity contribution is 0.102. The van der Waals surface area contributed by atoms with Crippen LogP contribution in [0.25, 0.3) is 5.69 Å². The summed E-state index contributed by atoms with van der Waals surface area (Å²) in [6.07, 6.45) is 5.30. The molecule has 0 bridgehead atoms. The van der Waals surface area contributed by atoms with E-state index in [1.54, 1.807) is 29.3 Å². The van der Waals surface area contributed by atoms with E-state index >= 15 is 0 Å². The van der Waals surface area contributed by atoms with Crippen molar-refractivity contribution in [2.24, 2.45) is 7.05 Å². The van der Waals surface area contributed by atoms with Gasteiger partial charge in [0.2, 0.25) is 0 Å². The summed E-state index contributed by atoms with van der Waals surface area (Å²) in [5, 5.41) is 17.2. The van der Waals surface area contributed by atoms with E-state index in [4.69, 9.17) is 23.2 Å². The second-order valence-corrected chi connectivity index (χ2v) is 9.41. The van der Waals surface area contributed by atoms with E-state index in [-0.39, 0.29) is 11.8 Å². The standard InChI is InChI=1S/C22H18Cl2N6OS/c1-29-12-25-28-22(29)32-16-7-5-15(6-8-16)27-21(31)17-11-26-30(20(17)13-2-3-13)19-9-4-14(23)10-18(19)24/h4-13H,2-3H2,1H3,(H,27,31). The van der Waals surface area contributed by atoms with Crippen LogP contribution in [-0.4, -0.2) is 30.5 Å². The van der Waals surface area contributed by atoms with Gasteiger partial charge in [0, 0.05) is 28.6 Å². The van der Waals surface area contributed by atoms with Crippen molar-refractivity contribution in [2.45, 2.75) is 28.8 Å². The zero-order valence-corrected chi connectivity index (χ0v) is 19.3. The Morgan fingerprint density at radius 3 is 2.59 bits per heavy atom. The van der Waals surface area contributed by atoms with Gasteiger partial charge in [0.15, 0.2) is 5.16 Å². The lowest BCUT2D eigenvalue weighted by atomic mass is 10.1. The van der Waals surface area contributed by atoms with Crippen molar-refractivity contribution in [3.8, 4) is 5.69 Å². The van der Waals surface area contributed by atoms with E-state index in [2.05, 4.69) is 20.6 Å². The smallest absolute Gasteiger partial charge is 0.259 e. The topological polar surface area (TPSA) is 77.6 Å². The average Bonchev–Trinajstić information content (AvgIpc) is 3.39. The number of aryl methyl sites for hydroxylation is 1. The van der Waals surface area contributed by atoms with E-state index in [0.717, 1.165) is 28.6 Å². The maximum Gasteiger partial charge on any atom is 0.259 e. The van der Waals surface area contributed by atoms with E-state index in [1.807, 2.05) is 41.9 Å². The maximum atomic E-state index is 13.1. The largest absolute Gasteiger partial charge is 0.322 e. The van der Waals surface area contributed by atoms with Crippen molar-refractivity contribution < 1.29 is 4.79 Å². The van der Waals surface area contributed by atoms with Crippen LogP contribution in [0.15, 0.2) is 65.0 Å². The zero-order chi connectivity index (χ0) is 22.2. The summed E-state index contributed by atoms with van der Waals surface area (Å²) in [5.74, 6) is 0.0899. The summed E-state index contributed by atoms with van der Waals surface area (Å²) in [4.78, 5) is 14.1. The molecular weight excluding hydrogens is 467 g/mol. The molecule has 2 aromatic heterocycles. The molecule has 0 aliphatic heterocycles. The van der Waals surface area contributed by atoms with Gasteiger partial charge >= 0.3 is 0 Å². The van der Waals surface area contributed by atoms with Crippen molar-refractivity contribution in [3.05, 3.63) is 76.3 Å². The molecule has 1 saturated carbocycles. The highest BCUT2D eigenvalue weighted by Crippen LogP contribution is 2.43. The van der Waals surface area contributed by atoms with Crippen LogP contribution in [-0.2, 0) is 7.05 Å². The molecule has 4 aromatic rings. The lowest BCUT2D eigenvalue weighted by Gasteiger charge is -2.11. The Balaban J connectivity index is 1.37. The van der Waals surface area contributed by atoms with Crippen molar-refractivity contribution in [1.29, 1.82) is 0 Å². The lowest BCUT2D eigenvalue weighted by Crippen LogP contribution is -2.14. The van der Waals surface area contributed by atoms with Crippen molar-refractivity contribution in [1.82, 2.24) is 24.5 Å². The molecule has 1 amide bonds. The summed E-state index contributed by atoms with van der Waals surface area (Å²) >= 11 is 13.9. The van der Waals surface area contributed by atoms with Gasteiger partial charge in [-0.3, -0.25) is 4.79 Å². The van der Waals surface area contributed by atoms with Gasteiger partial charge in [0.25, 0.3) is 5.91 Å². The van der Waals surface area contributed by atoms with Gasteiger partial charge in [-0.1, -0.05) is 23.2 Å². The number of halogens is 2. The van der Waals surface area contributed by atoms with Gasteiger partial charge in [-0.2, -0.15) is 5.10 Å². The molecule has 7 nitrogen and oxygen atoms in total. The van der Waals surface area contributed by atoms with Crippen LogP contribution >= 0.6 is 35.0 Å². The Hall–Kier alpha value is -2.81. The molecule has 0 radical (unpaired) electrons. The predicted molar refractivity (Wildman–Crippen MR) is 125 cm³/mol. The Morgan fingerprint density at radius 1 is 1.16 bits per heavy atom. The summed E-state index contributed by atoms with van der Waals surface area (Å²) in [6, 6.07) is 12.9. The molecular formula is C22H18Cl2N6OS. The number of nitrogens with one attached hydrogen (secondary N) is 1. The Kier molecular flexibility index (Phi) is 5.67. The molecule has 0 spiro atoms. The maximum absolute atomic E-state index is 13.1. The molecule has 2 heterocycles. The number of carbonyl (C=O) groups is 1. The summed E-state index contributed by atoms with van der Waals surface area (Å²) in [5.41, 5.74) is 2.84. The Bertz CT molecular complexity index is 1300. The molecule has 1 aliphatic rings. The highest BCUT2D eigenvalue weighted by molar-refractivity contribution is 7.99. The second-order valence-electron chi connectivity index (χ2n) is 7.53. The third-order valence-electron chi connectivity index (χ3n) is 5.14. The number of nitrogens with zero attached hydrogens (tertiary/aromatic N) is 5. The van der Waals surface area contributed by atoms with Crippen LogP contribution in [0.4, 0.5) is 5.69 Å². The van der Waals surface area contributed by atoms with Gasteiger partial charge < -0.3 is 9.88 Å². The minimum atomic E-state index is -0.197. The fraction of sp³-hybridized carbons (Fsp3) is 0.182. The van der Waals surface area contributed by atoms with Crippen LogP contribution in [0.2, 0.25) is 10.0 Å². The molecule has 1 N–H and O–H groups in total. The average molecular weight is 485 g/mol. The van der Waals surface area contributed by atoms with Gasteiger partial charge in [0.1, 0.15) is 6.33 Å². The number of hydrogen-bond acceptors (Lipinski definition) is 5. The number of carbonyl (C=O) groups excluding carboxylic acids is 1. The number of hydrogen-bond donors (Lipinski definition) is 1. The Labute approximate surface area is 198 Å². The fourth-order valence-corrected chi connectivity index (χ4v) is 4.65. The number of rotatable bonds is 6. The van der Waals surface area contributed by atoms with Crippen LogP contribution in [0.3, 0.4) is 0 Å². The number of amides is 1. The van der Waals surface area contributed by atoms with Crippen LogP contribution in [0, 0.1) is 0 Å². The van der Waals surface area contributed by atoms with Crippen molar-refractivity contribution in [3.63, 3.8) is 0 Å². The zero-order valence-electron chi connectivity index (χ0n) is 17.0. The quantitative estimate of drug-likeness (QED) is 0.385. The van der Waals surface area contributed by atoms with E-state index in [0.29, 0.717) is 27.0 Å². The molecule has 1 fully saturated rings. The predicted octanol–water partition coefficient (Wildman–Crippen LogP) is 5.59. The molecule has 0 unspecified atom stereocenters. The number of anilines is 1. The molecule has 162 valence electrons. The molecule has 2 aromatic carbocycles. The molecule has 5 rings (SSSR count). The van der Waals surface area contributed by atoms with Gasteiger partial charge in [-0.15, -0.1) is 10.2 Å². The SMILES string of the molecule is Cn1cnnc1Sc1ccc(NC(=O)c2cnn(-c3ccc(Cl)cc3Cl)c2C2CC2)cc1. The normalized spacial score (nSPS) is 13.3. The minimum Gasteiger partial charge on any atom is -0.322 e. The molecule has 0 atom stereocenters. The van der Waals surface area contributed by atoms with E-state index in [1.165, 1.54) is 11.8 Å². The number of aromatic nitrogens is 5.